The highest BCUT2D eigenvalue weighted by Gasteiger charge is 2.57. The van der Waals surface area contributed by atoms with E-state index in [1.807, 2.05) is 0 Å². The van der Waals surface area contributed by atoms with Crippen molar-refractivity contribution in [3.63, 3.8) is 0 Å². The van der Waals surface area contributed by atoms with Gasteiger partial charge in [0.05, 0.1) is 9.04 Å². The molecule has 1 aliphatic rings. The van der Waals surface area contributed by atoms with E-state index in [0.29, 0.717) is 0 Å². The van der Waals surface area contributed by atoms with Gasteiger partial charge in [0.1, 0.15) is 0 Å². The van der Waals surface area contributed by atoms with Gasteiger partial charge in [0.15, 0.2) is 0 Å². The summed E-state index contributed by atoms with van der Waals surface area (Å²) in [5.41, 5.74) is 2.79. The molecule has 1 fully saturated rings. The largest absolute Gasteiger partial charge is 0.234 e. The van der Waals surface area contributed by atoms with Crippen LogP contribution in [0.2, 0.25) is 6.04 Å². The molecular formula is C14H14Cl2Si2. The van der Waals surface area contributed by atoms with Crippen LogP contribution in [0.5, 0.6) is 0 Å². The van der Waals surface area contributed by atoms with Crippen molar-refractivity contribution in [3.05, 3.63) is 71.8 Å². The number of benzene rings is 2. The minimum atomic E-state index is -1.87. The van der Waals surface area contributed by atoms with E-state index in [-0.39, 0.29) is 5.04 Å². The van der Waals surface area contributed by atoms with Gasteiger partial charge in [-0.3, -0.25) is 0 Å². The minimum absolute atomic E-state index is 0.179. The van der Waals surface area contributed by atoms with Gasteiger partial charge in [0, 0.05) is 5.04 Å². The van der Waals surface area contributed by atoms with Gasteiger partial charge in [-0.2, -0.15) is 22.2 Å². The summed E-state index contributed by atoms with van der Waals surface area (Å²) >= 11 is 12.9. The predicted molar refractivity (Wildman–Crippen MR) is 84.5 cm³/mol. The summed E-state index contributed by atoms with van der Waals surface area (Å²) in [6.45, 7) is 0. The van der Waals surface area contributed by atoms with Crippen LogP contribution < -0.4 is 0 Å². The Morgan fingerprint density at radius 2 is 1.22 bits per heavy atom. The van der Waals surface area contributed by atoms with Gasteiger partial charge < -0.3 is 0 Å². The Kier molecular flexibility index (Phi) is 3.14. The highest BCUT2D eigenvalue weighted by Crippen LogP contribution is 2.51. The Bertz CT molecular complexity index is 491. The maximum atomic E-state index is 6.45. The Morgan fingerprint density at radius 1 is 0.833 bits per heavy atom. The van der Waals surface area contributed by atoms with Crippen LogP contribution >= 0.6 is 22.2 Å². The molecule has 0 aliphatic carbocycles. The van der Waals surface area contributed by atoms with Gasteiger partial charge in [0.25, 0.3) is 0 Å². The van der Waals surface area contributed by atoms with E-state index in [2.05, 4.69) is 60.7 Å². The molecule has 0 unspecified atom stereocenters. The average Bonchev–Trinajstić information content (AvgIpc) is 2.37. The zero-order valence-electron chi connectivity index (χ0n) is 9.94. The minimum Gasteiger partial charge on any atom is -0.150 e. The molecule has 1 aliphatic heterocycles. The number of hydrogen-bond donors (Lipinski definition) is 0. The number of rotatable bonds is 2. The highest BCUT2D eigenvalue weighted by atomic mass is 35.7. The summed E-state index contributed by atoms with van der Waals surface area (Å²) in [4.78, 5) is 0. The molecule has 0 bridgehead atoms. The molecule has 0 radical (unpaired) electrons. The molecule has 0 saturated carbocycles. The van der Waals surface area contributed by atoms with Gasteiger partial charge in [0.2, 0.25) is 6.21 Å². The monoisotopic (exact) mass is 308 g/mol. The van der Waals surface area contributed by atoms with Crippen molar-refractivity contribution in [1.82, 2.24) is 0 Å². The zero-order chi connectivity index (χ0) is 12.6. The maximum absolute atomic E-state index is 6.45. The Labute approximate surface area is 120 Å². The van der Waals surface area contributed by atoms with Gasteiger partial charge in [-0.05, 0) is 17.2 Å². The second-order valence-electron chi connectivity index (χ2n) is 5.02. The van der Waals surface area contributed by atoms with E-state index in [9.17, 15) is 0 Å². The lowest BCUT2D eigenvalue weighted by Crippen LogP contribution is -2.60. The molecule has 18 heavy (non-hydrogen) atoms. The lowest BCUT2D eigenvalue weighted by atomic mass is 9.91. The summed E-state index contributed by atoms with van der Waals surface area (Å²) in [7, 11) is -0.487. The van der Waals surface area contributed by atoms with E-state index in [1.165, 1.54) is 11.1 Å². The molecule has 0 N–H and O–H groups in total. The van der Waals surface area contributed by atoms with Gasteiger partial charge in [-0.25, -0.2) is 0 Å². The fourth-order valence-corrected chi connectivity index (χ4v) is 17.9. The van der Waals surface area contributed by atoms with Gasteiger partial charge in [-0.1, -0.05) is 60.7 Å². The molecule has 0 amide bonds. The van der Waals surface area contributed by atoms with E-state index in [1.54, 1.807) is 0 Å². The van der Waals surface area contributed by atoms with Crippen molar-refractivity contribution < 1.29 is 0 Å². The van der Waals surface area contributed by atoms with Crippen LogP contribution in [-0.2, 0) is 5.04 Å². The van der Waals surface area contributed by atoms with Gasteiger partial charge in [-0.15, -0.1) is 0 Å². The fraction of sp³-hybridized carbons (Fsp3) is 0.143. The molecule has 92 valence electrons. The summed E-state index contributed by atoms with van der Waals surface area (Å²) in [5.74, 6) is 0. The van der Waals surface area contributed by atoms with Crippen molar-refractivity contribution in [2.45, 2.75) is 11.1 Å². The standard InChI is InChI=1S/C14H14Cl2Si2/c15-18(16)11-14(17-18,12-7-3-1-4-8-12)13-9-5-2-6-10-13/h1-10H,11,17H2. The first-order chi connectivity index (χ1) is 8.62. The molecule has 1 saturated heterocycles. The van der Waals surface area contributed by atoms with Crippen LogP contribution in [0, 0.1) is 0 Å². The molecule has 0 spiro atoms. The second kappa shape index (κ2) is 4.53. The third-order valence-electron chi connectivity index (χ3n) is 3.77. The van der Waals surface area contributed by atoms with E-state index in [4.69, 9.17) is 22.2 Å². The summed E-state index contributed by atoms with van der Waals surface area (Å²) < 4.78 is 0. The van der Waals surface area contributed by atoms with E-state index >= 15 is 0 Å². The molecule has 3 rings (SSSR count). The maximum Gasteiger partial charge on any atom is 0.234 e. The average molecular weight is 309 g/mol. The molecule has 1 heterocycles. The first-order valence-corrected chi connectivity index (χ1v) is 13.4. The summed E-state index contributed by atoms with van der Waals surface area (Å²) in [6, 6.07) is 22.4. The van der Waals surface area contributed by atoms with Crippen molar-refractivity contribution in [1.29, 1.82) is 0 Å². The lowest BCUT2D eigenvalue weighted by molar-refractivity contribution is 0.781. The molecular weight excluding hydrogens is 295 g/mol. The summed E-state index contributed by atoms with van der Waals surface area (Å²) in [6.07, 6.45) is -1.87. The molecule has 0 nitrogen and oxygen atoms in total. The first-order valence-electron chi connectivity index (χ1n) is 6.11. The van der Waals surface area contributed by atoms with Crippen molar-refractivity contribution in [2.75, 3.05) is 0 Å². The smallest absolute Gasteiger partial charge is 0.150 e. The van der Waals surface area contributed by atoms with Gasteiger partial charge >= 0.3 is 0 Å². The Hall–Kier alpha value is -0.546. The SMILES string of the molecule is Cl[Si]1(Cl)CC(c2ccccc2)(c2ccccc2)[SiH2]1. The zero-order valence-corrected chi connectivity index (χ0v) is 13.9. The van der Waals surface area contributed by atoms with Crippen LogP contribution in [0.1, 0.15) is 11.1 Å². The van der Waals surface area contributed by atoms with E-state index < -0.39 is 15.2 Å². The van der Waals surface area contributed by atoms with Crippen molar-refractivity contribution in [3.8, 4) is 0 Å². The third-order valence-corrected chi connectivity index (χ3v) is 14.9. The Balaban J connectivity index is 2.07. The van der Waals surface area contributed by atoms with Crippen LogP contribution in [0.25, 0.3) is 0 Å². The normalized spacial score (nSPS) is 21.4. The van der Waals surface area contributed by atoms with Crippen molar-refractivity contribution >= 4 is 37.4 Å². The predicted octanol–water partition coefficient (Wildman–Crippen LogP) is 3.53. The van der Waals surface area contributed by atoms with Crippen LogP contribution in [0.4, 0.5) is 0 Å². The first kappa shape index (κ1) is 12.5. The quantitative estimate of drug-likeness (QED) is 0.588. The topological polar surface area (TPSA) is 0 Å². The molecule has 0 atom stereocenters. The molecule has 2 aromatic carbocycles. The van der Waals surface area contributed by atoms with Crippen LogP contribution in [-0.4, -0.2) is 15.2 Å². The highest BCUT2D eigenvalue weighted by molar-refractivity contribution is 7.69. The fourth-order valence-electron chi connectivity index (χ4n) is 2.92. The van der Waals surface area contributed by atoms with Crippen LogP contribution in [0.15, 0.2) is 60.7 Å². The molecule has 0 aromatic heterocycles. The molecule has 2 aromatic rings. The molecule has 4 heteroatoms. The van der Waals surface area contributed by atoms with E-state index in [0.717, 1.165) is 6.04 Å². The number of halogens is 2. The van der Waals surface area contributed by atoms with Crippen molar-refractivity contribution in [2.24, 2.45) is 0 Å². The second-order valence-corrected chi connectivity index (χ2v) is 20.9. The third kappa shape index (κ3) is 2.07. The van der Waals surface area contributed by atoms with Crippen LogP contribution in [0.3, 0.4) is 0 Å². The number of hydrogen-bond acceptors (Lipinski definition) is 0. The summed E-state index contributed by atoms with van der Waals surface area (Å²) in [5, 5.41) is 0.179. The lowest BCUT2D eigenvalue weighted by Gasteiger charge is -2.49. The Morgan fingerprint density at radius 3 is 1.56 bits per heavy atom.